The van der Waals surface area contributed by atoms with Crippen molar-refractivity contribution in [1.29, 1.82) is 0 Å². The van der Waals surface area contributed by atoms with Crippen molar-refractivity contribution >= 4 is 56.2 Å². The van der Waals surface area contributed by atoms with Gasteiger partial charge in [-0.05, 0) is 11.4 Å². The van der Waals surface area contributed by atoms with Crippen molar-refractivity contribution in [2.45, 2.75) is 4.90 Å². The van der Waals surface area contributed by atoms with Crippen molar-refractivity contribution in [2.24, 2.45) is 0 Å². The number of nitrogens with one attached hydrogen (secondary N) is 1. The summed E-state index contributed by atoms with van der Waals surface area (Å²) in [6, 6.07) is 1.17. The Balaban J connectivity index is 2.47. The topological polar surface area (TPSA) is 109 Å². The molecule has 20 heavy (non-hydrogen) atoms. The number of carboxylic acid groups (broad SMARTS) is 1. The minimum Gasteiger partial charge on any atom is -0.477 e. The van der Waals surface area contributed by atoms with Crippen LogP contribution in [0.15, 0.2) is 22.7 Å². The molecule has 0 radical (unpaired) electrons. The Morgan fingerprint density at radius 1 is 1.30 bits per heavy atom. The van der Waals surface area contributed by atoms with Crippen LogP contribution >= 0.6 is 34.5 Å². The monoisotopic (exact) mass is 353 g/mol. The first-order valence-electron chi connectivity index (χ1n) is 4.82. The van der Waals surface area contributed by atoms with Crippen LogP contribution in [-0.4, -0.2) is 29.5 Å². The van der Waals surface area contributed by atoms with Gasteiger partial charge in [-0.3, -0.25) is 4.72 Å². The molecule has 0 aliphatic carbocycles. The molecule has 0 aliphatic heterocycles. The molecule has 0 unspecified atom stereocenters. The van der Waals surface area contributed by atoms with E-state index in [1.54, 1.807) is 0 Å². The summed E-state index contributed by atoms with van der Waals surface area (Å²) >= 11 is 12.2. The number of rotatable bonds is 4. The maximum absolute atomic E-state index is 12.2. The highest BCUT2D eigenvalue weighted by Crippen LogP contribution is 2.30. The Morgan fingerprint density at radius 3 is 2.45 bits per heavy atom. The van der Waals surface area contributed by atoms with E-state index < -0.39 is 16.0 Å². The number of thiophene rings is 1. The van der Waals surface area contributed by atoms with E-state index >= 15 is 0 Å². The first kappa shape index (κ1) is 15.0. The molecule has 0 aliphatic rings. The number of halogens is 2. The first-order valence-corrected chi connectivity index (χ1v) is 7.94. The minimum absolute atomic E-state index is 0.194. The van der Waals surface area contributed by atoms with Crippen molar-refractivity contribution in [1.82, 2.24) is 9.97 Å². The van der Waals surface area contributed by atoms with Crippen LogP contribution in [0.2, 0.25) is 10.3 Å². The molecule has 0 fully saturated rings. The highest BCUT2D eigenvalue weighted by Gasteiger charge is 2.25. The number of aromatic carboxylic acids is 1. The Labute approximate surface area is 127 Å². The highest BCUT2D eigenvalue weighted by atomic mass is 35.5. The molecule has 0 bridgehead atoms. The lowest BCUT2D eigenvalue weighted by Crippen LogP contribution is -2.16. The predicted molar refractivity (Wildman–Crippen MR) is 74.1 cm³/mol. The van der Waals surface area contributed by atoms with Gasteiger partial charge >= 0.3 is 5.97 Å². The number of hydrogen-bond acceptors (Lipinski definition) is 6. The second-order valence-corrected chi connectivity index (χ2v) is 6.64. The van der Waals surface area contributed by atoms with Gasteiger partial charge in [0.05, 0.1) is 0 Å². The molecule has 0 atom stereocenters. The van der Waals surface area contributed by atoms with Crippen LogP contribution in [-0.2, 0) is 10.0 Å². The molecule has 2 rings (SSSR count). The van der Waals surface area contributed by atoms with E-state index in [9.17, 15) is 13.2 Å². The molecule has 0 saturated carbocycles. The number of nitrogens with zero attached hydrogens (tertiary/aromatic N) is 2. The number of anilines is 1. The summed E-state index contributed by atoms with van der Waals surface area (Å²) in [7, 11) is -4.16. The van der Waals surface area contributed by atoms with Crippen LogP contribution in [0, 0.1) is 0 Å². The largest absolute Gasteiger partial charge is 0.477 e. The minimum atomic E-state index is -4.16. The summed E-state index contributed by atoms with van der Waals surface area (Å²) in [5, 5.41) is 9.90. The van der Waals surface area contributed by atoms with E-state index in [2.05, 4.69) is 14.7 Å². The zero-order valence-corrected chi connectivity index (χ0v) is 12.5. The average Bonchev–Trinajstić information content (AvgIpc) is 2.84. The van der Waals surface area contributed by atoms with Gasteiger partial charge in [0.1, 0.15) is 21.8 Å². The van der Waals surface area contributed by atoms with Gasteiger partial charge in [0.2, 0.25) is 0 Å². The van der Waals surface area contributed by atoms with Gasteiger partial charge in [-0.1, -0.05) is 23.2 Å². The Kier molecular flexibility index (Phi) is 4.14. The normalized spacial score (nSPS) is 11.3. The quantitative estimate of drug-likeness (QED) is 0.816. The smallest absolute Gasteiger partial charge is 0.347 e. The fraction of sp³-hybridized carbons (Fsp3) is 0. The zero-order valence-electron chi connectivity index (χ0n) is 9.37. The molecule has 106 valence electrons. The van der Waals surface area contributed by atoms with E-state index in [-0.39, 0.29) is 25.8 Å². The summed E-state index contributed by atoms with van der Waals surface area (Å²) in [4.78, 5) is 17.4. The zero-order chi connectivity index (χ0) is 14.9. The second-order valence-electron chi connectivity index (χ2n) is 3.35. The summed E-state index contributed by atoms with van der Waals surface area (Å²) in [6.45, 7) is 0. The fourth-order valence-electron chi connectivity index (χ4n) is 1.28. The van der Waals surface area contributed by atoms with Crippen LogP contribution in [0.25, 0.3) is 0 Å². The molecule has 2 aromatic heterocycles. The molecule has 0 spiro atoms. The van der Waals surface area contributed by atoms with Crippen molar-refractivity contribution in [3.8, 4) is 0 Å². The van der Waals surface area contributed by atoms with E-state index in [1.165, 1.54) is 11.4 Å². The third kappa shape index (κ3) is 2.85. The number of carboxylic acids is 1. The molecule has 2 aromatic rings. The molecule has 2 heterocycles. The van der Waals surface area contributed by atoms with Gasteiger partial charge in [0.25, 0.3) is 10.0 Å². The third-order valence-electron chi connectivity index (χ3n) is 2.10. The van der Waals surface area contributed by atoms with Crippen molar-refractivity contribution < 1.29 is 18.3 Å². The molecule has 7 nitrogen and oxygen atoms in total. The Hall–Kier alpha value is -1.42. The summed E-state index contributed by atoms with van der Waals surface area (Å²) in [5.74, 6) is -1.35. The lowest BCUT2D eigenvalue weighted by Gasteiger charge is -2.09. The van der Waals surface area contributed by atoms with E-state index in [0.717, 1.165) is 17.7 Å². The van der Waals surface area contributed by atoms with E-state index in [4.69, 9.17) is 28.3 Å². The van der Waals surface area contributed by atoms with Crippen LogP contribution < -0.4 is 4.72 Å². The van der Waals surface area contributed by atoms with Crippen LogP contribution in [0.5, 0.6) is 0 Å². The van der Waals surface area contributed by atoms with Crippen LogP contribution in [0.3, 0.4) is 0 Å². The maximum Gasteiger partial charge on any atom is 0.347 e. The lowest BCUT2D eigenvalue weighted by atomic mass is 10.5. The summed E-state index contributed by atoms with van der Waals surface area (Å²) in [5.41, 5.74) is -0.210. The molecular formula is C9H5Cl2N3O4S2. The summed E-state index contributed by atoms with van der Waals surface area (Å²) in [6.07, 6.45) is 1.07. The predicted octanol–water partition coefficient (Wildman–Crippen LogP) is 2.34. The molecule has 0 amide bonds. The molecule has 0 aromatic carbocycles. The van der Waals surface area contributed by atoms with Gasteiger partial charge in [0.15, 0.2) is 10.3 Å². The van der Waals surface area contributed by atoms with Crippen LogP contribution in [0.1, 0.15) is 9.67 Å². The van der Waals surface area contributed by atoms with Crippen molar-refractivity contribution in [3.63, 3.8) is 0 Å². The van der Waals surface area contributed by atoms with Gasteiger partial charge in [-0.15, -0.1) is 11.3 Å². The fourth-order valence-corrected chi connectivity index (χ4v) is 4.14. The van der Waals surface area contributed by atoms with Crippen molar-refractivity contribution in [3.05, 3.63) is 33.0 Å². The van der Waals surface area contributed by atoms with E-state index in [0.29, 0.717) is 0 Å². The Bertz CT molecular complexity index is 755. The van der Waals surface area contributed by atoms with Crippen molar-refractivity contribution in [2.75, 3.05) is 4.72 Å². The van der Waals surface area contributed by atoms with Crippen LogP contribution in [0.4, 0.5) is 5.69 Å². The highest BCUT2D eigenvalue weighted by molar-refractivity contribution is 7.93. The van der Waals surface area contributed by atoms with Gasteiger partial charge in [-0.25, -0.2) is 23.2 Å². The molecule has 11 heteroatoms. The molecule has 0 saturated heterocycles. The molecule has 2 N–H and O–H groups in total. The SMILES string of the molecule is O=C(O)c1sccc1S(=O)(=O)Nc1c(Cl)ncnc1Cl. The van der Waals surface area contributed by atoms with Gasteiger partial charge in [0, 0.05) is 0 Å². The number of carbonyl (C=O) groups is 1. The first-order chi connectivity index (χ1) is 9.33. The average molecular weight is 354 g/mol. The maximum atomic E-state index is 12.2. The van der Waals surface area contributed by atoms with E-state index in [1.807, 2.05) is 0 Å². The number of hydrogen-bond donors (Lipinski definition) is 2. The second kappa shape index (κ2) is 5.52. The summed E-state index contributed by atoms with van der Waals surface area (Å²) < 4.78 is 26.4. The standard InChI is InChI=1S/C9H5Cl2N3O4S2/c10-7-5(8(11)13-3-12-7)14-20(17,18)4-1-2-19-6(4)9(15)16/h1-3,14H,(H,15,16). The molecular weight excluding hydrogens is 349 g/mol. The number of aromatic nitrogens is 2. The lowest BCUT2D eigenvalue weighted by molar-refractivity contribution is 0.0698. The van der Waals surface area contributed by atoms with Gasteiger partial charge in [-0.2, -0.15) is 0 Å². The number of sulfonamides is 1. The third-order valence-corrected chi connectivity index (χ3v) is 5.10. The Morgan fingerprint density at radius 2 is 1.90 bits per heavy atom. The van der Waals surface area contributed by atoms with Gasteiger partial charge < -0.3 is 5.11 Å².